The Morgan fingerprint density at radius 1 is 1.44 bits per heavy atom. The van der Waals surface area contributed by atoms with Crippen LogP contribution < -0.4 is 5.32 Å². The first kappa shape index (κ1) is 13.6. The lowest BCUT2D eigenvalue weighted by molar-refractivity contribution is 0.187. The van der Waals surface area contributed by atoms with E-state index in [1.165, 1.54) is 45.3 Å². The minimum Gasteiger partial charge on any atom is -0.468 e. The molecule has 0 spiro atoms. The van der Waals surface area contributed by atoms with Crippen molar-refractivity contribution in [1.29, 1.82) is 0 Å². The summed E-state index contributed by atoms with van der Waals surface area (Å²) in [7, 11) is 0. The van der Waals surface area contributed by atoms with Gasteiger partial charge in [-0.25, -0.2) is 0 Å². The summed E-state index contributed by atoms with van der Waals surface area (Å²) in [6, 6.07) is 4.98. The number of hydrogen-bond acceptors (Lipinski definition) is 3. The lowest BCUT2D eigenvalue weighted by Gasteiger charge is -2.33. The highest BCUT2D eigenvalue weighted by molar-refractivity contribution is 5.03. The molecule has 1 aliphatic heterocycles. The molecule has 0 bridgehead atoms. The zero-order chi connectivity index (χ0) is 12.8. The standard InChI is InChI=1S/C15H26N2O/c1-3-4-9-17-10-7-14(8-11-17)16-13(2)15-6-5-12-18-15/h5-6,12-14,16H,3-4,7-11H2,1-2H3. The summed E-state index contributed by atoms with van der Waals surface area (Å²) in [5, 5.41) is 3.68. The summed E-state index contributed by atoms with van der Waals surface area (Å²) >= 11 is 0. The third kappa shape index (κ3) is 3.85. The quantitative estimate of drug-likeness (QED) is 0.840. The Bertz CT molecular complexity index is 315. The molecule has 0 saturated carbocycles. The first-order valence-electron chi connectivity index (χ1n) is 7.31. The minimum absolute atomic E-state index is 0.326. The number of unbranched alkanes of at least 4 members (excludes halogenated alkanes) is 1. The van der Waals surface area contributed by atoms with E-state index in [1.54, 1.807) is 6.26 Å². The van der Waals surface area contributed by atoms with Crippen molar-refractivity contribution in [1.82, 2.24) is 10.2 Å². The van der Waals surface area contributed by atoms with Gasteiger partial charge in [-0.05, 0) is 58.0 Å². The zero-order valence-electron chi connectivity index (χ0n) is 11.7. The fourth-order valence-electron chi connectivity index (χ4n) is 2.68. The first-order chi connectivity index (χ1) is 8.79. The molecule has 3 nitrogen and oxygen atoms in total. The van der Waals surface area contributed by atoms with Gasteiger partial charge in [-0.1, -0.05) is 13.3 Å². The van der Waals surface area contributed by atoms with Crippen LogP contribution in [0.1, 0.15) is 51.3 Å². The van der Waals surface area contributed by atoms with Gasteiger partial charge in [-0.3, -0.25) is 0 Å². The normalized spacial score (nSPS) is 20.1. The van der Waals surface area contributed by atoms with Crippen molar-refractivity contribution in [3.8, 4) is 0 Å². The highest BCUT2D eigenvalue weighted by Gasteiger charge is 2.21. The fraction of sp³-hybridized carbons (Fsp3) is 0.733. The van der Waals surface area contributed by atoms with E-state index in [-0.39, 0.29) is 0 Å². The Morgan fingerprint density at radius 3 is 2.83 bits per heavy atom. The first-order valence-corrected chi connectivity index (χ1v) is 7.31. The van der Waals surface area contributed by atoms with E-state index in [0.717, 1.165) is 5.76 Å². The summed E-state index contributed by atoms with van der Waals surface area (Å²) in [5.41, 5.74) is 0. The molecule has 102 valence electrons. The van der Waals surface area contributed by atoms with Gasteiger partial charge in [0.15, 0.2) is 0 Å². The van der Waals surface area contributed by atoms with Gasteiger partial charge in [0, 0.05) is 6.04 Å². The molecule has 1 aromatic heterocycles. The van der Waals surface area contributed by atoms with Crippen LogP contribution in [0.3, 0.4) is 0 Å². The van der Waals surface area contributed by atoms with Crippen molar-refractivity contribution in [2.45, 2.75) is 51.6 Å². The molecule has 1 fully saturated rings. The molecular formula is C15H26N2O. The van der Waals surface area contributed by atoms with Gasteiger partial charge in [-0.2, -0.15) is 0 Å². The van der Waals surface area contributed by atoms with Crippen LogP contribution in [0.5, 0.6) is 0 Å². The molecule has 0 aliphatic carbocycles. The molecule has 2 rings (SSSR count). The van der Waals surface area contributed by atoms with E-state index < -0.39 is 0 Å². The van der Waals surface area contributed by atoms with Crippen molar-refractivity contribution in [3.63, 3.8) is 0 Å². The highest BCUT2D eigenvalue weighted by Crippen LogP contribution is 2.17. The van der Waals surface area contributed by atoms with Crippen LogP contribution in [-0.4, -0.2) is 30.6 Å². The van der Waals surface area contributed by atoms with Gasteiger partial charge in [0.2, 0.25) is 0 Å². The van der Waals surface area contributed by atoms with E-state index in [1.807, 2.05) is 12.1 Å². The number of furan rings is 1. The van der Waals surface area contributed by atoms with Crippen LogP contribution >= 0.6 is 0 Å². The number of nitrogens with one attached hydrogen (secondary N) is 1. The maximum absolute atomic E-state index is 5.44. The number of rotatable bonds is 6. The SMILES string of the molecule is CCCCN1CCC(NC(C)c2ccco2)CC1. The maximum Gasteiger partial charge on any atom is 0.120 e. The maximum atomic E-state index is 5.44. The van der Waals surface area contributed by atoms with Crippen LogP contribution in [0.25, 0.3) is 0 Å². The molecule has 3 heteroatoms. The summed E-state index contributed by atoms with van der Waals surface area (Å²) in [6.07, 6.45) is 6.90. The lowest BCUT2D eigenvalue weighted by atomic mass is 10.0. The second-order valence-corrected chi connectivity index (χ2v) is 5.37. The van der Waals surface area contributed by atoms with Crippen LogP contribution in [-0.2, 0) is 0 Å². The second kappa shape index (κ2) is 6.95. The third-order valence-electron chi connectivity index (χ3n) is 3.87. The van der Waals surface area contributed by atoms with Gasteiger partial charge >= 0.3 is 0 Å². The van der Waals surface area contributed by atoms with E-state index in [0.29, 0.717) is 12.1 Å². The Hall–Kier alpha value is -0.800. The minimum atomic E-state index is 0.326. The molecule has 1 atom stereocenters. The topological polar surface area (TPSA) is 28.4 Å². The van der Waals surface area contributed by atoms with E-state index in [9.17, 15) is 0 Å². The van der Waals surface area contributed by atoms with Crippen molar-refractivity contribution in [3.05, 3.63) is 24.2 Å². The molecule has 0 amide bonds. The molecular weight excluding hydrogens is 224 g/mol. The largest absolute Gasteiger partial charge is 0.468 e. The van der Waals surface area contributed by atoms with E-state index in [2.05, 4.69) is 24.1 Å². The molecule has 1 unspecified atom stereocenters. The van der Waals surface area contributed by atoms with Gasteiger partial charge in [0.05, 0.1) is 12.3 Å². The fourth-order valence-corrected chi connectivity index (χ4v) is 2.68. The van der Waals surface area contributed by atoms with Crippen LogP contribution in [0.4, 0.5) is 0 Å². The summed E-state index contributed by atoms with van der Waals surface area (Å²) in [5.74, 6) is 1.04. The highest BCUT2D eigenvalue weighted by atomic mass is 16.3. The van der Waals surface area contributed by atoms with E-state index in [4.69, 9.17) is 4.42 Å². The van der Waals surface area contributed by atoms with Crippen LogP contribution in [0.2, 0.25) is 0 Å². The number of piperidine rings is 1. The second-order valence-electron chi connectivity index (χ2n) is 5.37. The Kier molecular flexibility index (Phi) is 5.26. The summed E-state index contributed by atoms with van der Waals surface area (Å²) in [6.45, 7) is 8.20. The molecule has 1 saturated heterocycles. The molecule has 1 aromatic rings. The molecule has 2 heterocycles. The van der Waals surface area contributed by atoms with Crippen molar-refractivity contribution < 1.29 is 4.42 Å². The monoisotopic (exact) mass is 250 g/mol. The molecule has 0 radical (unpaired) electrons. The van der Waals surface area contributed by atoms with Crippen molar-refractivity contribution in [2.75, 3.05) is 19.6 Å². The molecule has 18 heavy (non-hydrogen) atoms. The van der Waals surface area contributed by atoms with Crippen molar-refractivity contribution >= 4 is 0 Å². The van der Waals surface area contributed by atoms with Gasteiger partial charge < -0.3 is 14.6 Å². The zero-order valence-corrected chi connectivity index (χ0v) is 11.7. The molecule has 0 aromatic carbocycles. The Morgan fingerprint density at radius 2 is 2.22 bits per heavy atom. The van der Waals surface area contributed by atoms with Gasteiger partial charge in [0.25, 0.3) is 0 Å². The average Bonchev–Trinajstić information content (AvgIpc) is 2.92. The number of nitrogens with zero attached hydrogens (tertiary/aromatic N) is 1. The Labute approximate surface area is 111 Å². The summed E-state index contributed by atoms with van der Waals surface area (Å²) in [4.78, 5) is 2.60. The molecule has 1 N–H and O–H groups in total. The van der Waals surface area contributed by atoms with Gasteiger partial charge in [0.1, 0.15) is 5.76 Å². The predicted molar refractivity (Wildman–Crippen MR) is 74.6 cm³/mol. The summed E-state index contributed by atoms with van der Waals surface area (Å²) < 4.78 is 5.44. The number of likely N-dealkylation sites (tertiary alicyclic amines) is 1. The lowest BCUT2D eigenvalue weighted by Crippen LogP contribution is -2.43. The molecule has 1 aliphatic rings. The Balaban J connectivity index is 1.70. The third-order valence-corrected chi connectivity index (χ3v) is 3.87. The predicted octanol–water partition coefficient (Wildman–Crippen LogP) is 3.19. The van der Waals surface area contributed by atoms with Gasteiger partial charge in [-0.15, -0.1) is 0 Å². The van der Waals surface area contributed by atoms with Crippen molar-refractivity contribution in [2.24, 2.45) is 0 Å². The van der Waals surface area contributed by atoms with Crippen LogP contribution in [0.15, 0.2) is 22.8 Å². The average molecular weight is 250 g/mol. The smallest absolute Gasteiger partial charge is 0.120 e. The number of hydrogen-bond donors (Lipinski definition) is 1. The van der Waals surface area contributed by atoms with Crippen LogP contribution in [0, 0.1) is 0 Å². The van der Waals surface area contributed by atoms with E-state index >= 15 is 0 Å².